The lowest BCUT2D eigenvalue weighted by atomic mass is 10.0. The minimum atomic E-state index is 0.00530. The van der Waals surface area contributed by atoms with Crippen molar-refractivity contribution in [3.63, 3.8) is 0 Å². The summed E-state index contributed by atoms with van der Waals surface area (Å²) in [6.45, 7) is 6.84. The average molecular weight is 358 g/mol. The molecular weight excluding hydrogens is 326 g/mol. The number of guanidine groups is 1. The van der Waals surface area contributed by atoms with E-state index in [0.717, 1.165) is 56.2 Å². The zero-order valence-corrected chi connectivity index (χ0v) is 16.0. The number of urea groups is 1. The molecule has 0 bridgehead atoms. The maximum absolute atomic E-state index is 12.2. The molecule has 0 aromatic heterocycles. The second kappa shape index (κ2) is 8.92. The summed E-state index contributed by atoms with van der Waals surface area (Å²) in [4.78, 5) is 20.9. The van der Waals surface area contributed by atoms with E-state index in [1.165, 1.54) is 12.8 Å². The summed E-state index contributed by atoms with van der Waals surface area (Å²) >= 11 is 0. The summed E-state index contributed by atoms with van der Waals surface area (Å²) in [6, 6.07) is 8.05. The fraction of sp³-hybridized carbons (Fsp3) is 0.600. The van der Waals surface area contributed by atoms with Crippen LogP contribution in [0.4, 0.5) is 10.5 Å². The van der Waals surface area contributed by atoms with Crippen LogP contribution in [0.5, 0.6) is 0 Å². The maximum atomic E-state index is 12.2. The molecular formula is C20H31N5O. The Hall–Kier alpha value is -2.24. The van der Waals surface area contributed by atoms with Crippen molar-refractivity contribution in [3.8, 4) is 0 Å². The number of rotatable bonds is 3. The van der Waals surface area contributed by atoms with Gasteiger partial charge in [-0.15, -0.1) is 0 Å². The lowest BCUT2D eigenvalue weighted by molar-refractivity contribution is 0.222. The highest BCUT2D eigenvalue weighted by Crippen LogP contribution is 2.16. The molecule has 1 aromatic rings. The maximum Gasteiger partial charge on any atom is 0.321 e. The number of carbonyl (C=O) groups excluding carboxylic acids is 1. The minimum absolute atomic E-state index is 0.00530. The smallest absolute Gasteiger partial charge is 0.321 e. The first kappa shape index (κ1) is 18.5. The molecule has 0 spiro atoms. The Morgan fingerprint density at radius 3 is 2.69 bits per heavy atom. The second-order valence-corrected chi connectivity index (χ2v) is 7.42. The van der Waals surface area contributed by atoms with Crippen LogP contribution >= 0.6 is 0 Å². The lowest BCUT2D eigenvalue weighted by Gasteiger charge is -2.33. The van der Waals surface area contributed by atoms with E-state index in [1.54, 1.807) is 0 Å². The zero-order chi connectivity index (χ0) is 18.4. The number of anilines is 1. The number of hydrogen-bond acceptors (Lipinski definition) is 2. The van der Waals surface area contributed by atoms with Gasteiger partial charge in [0.05, 0.1) is 0 Å². The van der Waals surface area contributed by atoms with Crippen molar-refractivity contribution in [2.75, 3.05) is 38.5 Å². The van der Waals surface area contributed by atoms with E-state index in [4.69, 9.17) is 0 Å². The summed E-state index contributed by atoms with van der Waals surface area (Å²) in [5.41, 5.74) is 1.98. The molecule has 2 amide bonds. The van der Waals surface area contributed by atoms with Crippen LogP contribution in [0.2, 0.25) is 0 Å². The third-order valence-corrected chi connectivity index (χ3v) is 5.19. The van der Waals surface area contributed by atoms with Gasteiger partial charge in [-0.25, -0.2) is 4.79 Å². The Kier molecular flexibility index (Phi) is 6.36. The normalized spacial score (nSPS) is 21.0. The molecule has 1 aromatic carbocycles. The van der Waals surface area contributed by atoms with Crippen molar-refractivity contribution in [1.82, 2.24) is 15.1 Å². The van der Waals surface area contributed by atoms with Crippen LogP contribution in [0, 0.1) is 5.92 Å². The number of nitrogens with zero attached hydrogens (tertiary/aromatic N) is 3. The monoisotopic (exact) mass is 357 g/mol. The third kappa shape index (κ3) is 4.90. The summed E-state index contributed by atoms with van der Waals surface area (Å²) in [5.74, 6) is 1.68. The first-order valence-corrected chi connectivity index (χ1v) is 9.76. The van der Waals surface area contributed by atoms with E-state index >= 15 is 0 Å². The van der Waals surface area contributed by atoms with E-state index in [2.05, 4.69) is 33.5 Å². The van der Waals surface area contributed by atoms with Gasteiger partial charge in [-0.3, -0.25) is 4.99 Å². The summed E-state index contributed by atoms with van der Waals surface area (Å²) in [7, 11) is 1.84. The SMILES string of the molecule is CN=C(NCc1cccc(NC(=O)N2CCCC2)c1)N1CCCC(C)C1. The van der Waals surface area contributed by atoms with Crippen molar-refractivity contribution in [1.29, 1.82) is 0 Å². The number of aliphatic imine (C=N–C) groups is 1. The van der Waals surface area contributed by atoms with E-state index in [0.29, 0.717) is 12.5 Å². The van der Waals surface area contributed by atoms with E-state index in [9.17, 15) is 4.79 Å². The fourth-order valence-corrected chi connectivity index (χ4v) is 3.78. The first-order valence-electron chi connectivity index (χ1n) is 9.76. The number of amides is 2. The van der Waals surface area contributed by atoms with Crippen LogP contribution in [0.15, 0.2) is 29.3 Å². The highest BCUT2D eigenvalue weighted by molar-refractivity contribution is 5.89. The van der Waals surface area contributed by atoms with Crippen molar-refractivity contribution < 1.29 is 4.79 Å². The van der Waals surface area contributed by atoms with Crippen LogP contribution in [-0.2, 0) is 6.54 Å². The van der Waals surface area contributed by atoms with Gasteiger partial charge in [0.1, 0.15) is 0 Å². The fourth-order valence-electron chi connectivity index (χ4n) is 3.78. The van der Waals surface area contributed by atoms with Crippen LogP contribution in [0.3, 0.4) is 0 Å². The van der Waals surface area contributed by atoms with E-state index in [1.807, 2.05) is 30.1 Å². The Morgan fingerprint density at radius 1 is 1.19 bits per heavy atom. The van der Waals surface area contributed by atoms with Gasteiger partial charge in [0, 0.05) is 45.5 Å². The van der Waals surface area contributed by atoms with Gasteiger partial charge in [0.15, 0.2) is 5.96 Å². The summed E-state index contributed by atoms with van der Waals surface area (Å²) in [6.07, 6.45) is 4.73. The van der Waals surface area contributed by atoms with Crippen molar-refractivity contribution in [2.45, 2.75) is 39.2 Å². The molecule has 2 fully saturated rings. The molecule has 0 radical (unpaired) electrons. The van der Waals surface area contributed by atoms with Gasteiger partial charge in [-0.1, -0.05) is 19.1 Å². The minimum Gasteiger partial charge on any atom is -0.352 e. The molecule has 3 rings (SSSR count). The number of nitrogens with one attached hydrogen (secondary N) is 2. The number of hydrogen-bond donors (Lipinski definition) is 2. The molecule has 2 aliphatic heterocycles. The number of piperidine rings is 1. The Balaban J connectivity index is 1.55. The van der Waals surface area contributed by atoms with Gasteiger partial charge < -0.3 is 20.4 Å². The van der Waals surface area contributed by atoms with E-state index in [-0.39, 0.29) is 6.03 Å². The van der Waals surface area contributed by atoms with Gasteiger partial charge in [0.25, 0.3) is 0 Å². The zero-order valence-electron chi connectivity index (χ0n) is 16.0. The third-order valence-electron chi connectivity index (χ3n) is 5.19. The van der Waals surface area contributed by atoms with Crippen LogP contribution in [0.25, 0.3) is 0 Å². The molecule has 2 heterocycles. The largest absolute Gasteiger partial charge is 0.352 e. The molecule has 142 valence electrons. The highest BCUT2D eigenvalue weighted by atomic mass is 16.2. The average Bonchev–Trinajstić information content (AvgIpc) is 3.17. The molecule has 2 saturated heterocycles. The predicted molar refractivity (Wildman–Crippen MR) is 106 cm³/mol. The highest BCUT2D eigenvalue weighted by Gasteiger charge is 2.19. The quantitative estimate of drug-likeness (QED) is 0.645. The standard InChI is InChI=1S/C20H31N5O/c1-16-7-6-12-25(15-16)19(21-2)22-14-17-8-5-9-18(13-17)23-20(26)24-10-3-4-11-24/h5,8-9,13,16H,3-4,6-7,10-12,14-15H2,1-2H3,(H,21,22)(H,23,26). The van der Waals surface area contributed by atoms with Crippen molar-refractivity contribution in [2.24, 2.45) is 10.9 Å². The predicted octanol–water partition coefficient (Wildman–Crippen LogP) is 3.12. The second-order valence-electron chi connectivity index (χ2n) is 7.42. The lowest BCUT2D eigenvalue weighted by Crippen LogP contribution is -2.45. The molecule has 0 saturated carbocycles. The Morgan fingerprint density at radius 2 is 1.96 bits per heavy atom. The summed E-state index contributed by atoms with van der Waals surface area (Å²) < 4.78 is 0. The number of benzene rings is 1. The van der Waals surface area contributed by atoms with Crippen LogP contribution < -0.4 is 10.6 Å². The van der Waals surface area contributed by atoms with Gasteiger partial charge >= 0.3 is 6.03 Å². The number of carbonyl (C=O) groups is 1. The molecule has 0 aliphatic carbocycles. The first-order chi connectivity index (χ1) is 12.7. The molecule has 6 heteroatoms. The number of likely N-dealkylation sites (tertiary alicyclic amines) is 2. The van der Waals surface area contributed by atoms with E-state index < -0.39 is 0 Å². The molecule has 1 unspecified atom stereocenters. The topological polar surface area (TPSA) is 60.0 Å². The summed E-state index contributed by atoms with van der Waals surface area (Å²) in [5, 5.41) is 6.48. The molecule has 26 heavy (non-hydrogen) atoms. The molecule has 2 aliphatic rings. The van der Waals surface area contributed by atoms with Gasteiger partial charge in [0.2, 0.25) is 0 Å². The Bertz CT molecular complexity index is 639. The Labute approximate surface area is 156 Å². The molecule has 2 N–H and O–H groups in total. The van der Waals surface area contributed by atoms with Gasteiger partial charge in [-0.05, 0) is 49.3 Å². The van der Waals surface area contributed by atoms with Gasteiger partial charge in [-0.2, -0.15) is 0 Å². The van der Waals surface area contributed by atoms with Crippen molar-refractivity contribution in [3.05, 3.63) is 29.8 Å². The molecule has 1 atom stereocenters. The van der Waals surface area contributed by atoms with Crippen LogP contribution in [-0.4, -0.2) is 55.0 Å². The van der Waals surface area contributed by atoms with Crippen molar-refractivity contribution >= 4 is 17.7 Å². The van der Waals surface area contributed by atoms with Crippen LogP contribution in [0.1, 0.15) is 38.2 Å². The molecule has 6 nitrogen and oxygen atoms in total.